The third-order valence-electron chi connectivity index (χ3n) is 15.0. The van der Waals surface area contributed by atoms with E-state index in [4.69, 9.17) is 4.74 Å². The van der Waals surface area contributed by atoms with Crippen LogP contribution in [0, 0.1) is 0 Å². The molecule has 1 amide bonds. The van der Waals surface area contributed by atoms with Gasteiger partial charge in [0.1, 0.15) is 0 Å². The second-order valence-corrected chi connectivity index (χ2v) is 22.1. The average molecular weight is 1000 g/mol. The van der Waals surface area contributed by atoms with Crippen molar-refractivity contribution in [3.05, 3.63) is 24.3 Å². The highest BCUT2D eigenvalue weighted by Crippen LogP contribution is 2.18. The number of ether oxygens (including phenoxy) is 1. The van der Waals surface area contributed by atoms with E-state index < -0.39 is 12.1 Å². The Hall–Kier alpha value is -1.66. The molecule has 0 heterocycles. The number of hydrogen-bond donors (Lipinski definition) is 3. The predicted molar refractivity (Wildman–Crippen MR) is 310 cm³/mol. The van der Waals surface area contributed by atoms with Crippen LogP contribution in [0.3, 0.4) is 0 Å². The fraction of sp³-hybridized carbons (Fsp3) is 0.908. The van der Waals surface area contributed by atoms with Crippen molar-refractivity contribution in [3.8, 4) is 0 Å². The first-order chi connectivity index (χ1) is 35.0. The van der Waals surface area contributed by atoms with E-state index in [9.17, 15) is 19.8 Å². The van der Waals surface area contributed by atoms with Gasteiger partial charge in [-0.15, -0.1) is 0 Å². The summed E-state index contributed by atoms with van der Waals surface area (Å²) in [6.45, 7) is 4.92. The number of carbonyl (C=O) groups is 2. The highest BCUT2D eigenvalue weighted by Gasteiger charge is 2.20. The van der Waals surface area contributed by atoms with E-state index >= 15 is 0 Å². The van der Waals surface area contributed by atoms with Crippen LogP contribution in [-0.4, -0.2) is 47.4 Å². The summed E-state index contributed by atoms with van der Waals surface area (Å²) in [7, 11) is 0. The molecular weight excluding hydrogens is 875 g/mol. The molecule has 0 aromatic heterocycles. The van der Waals surface area contributed by atoms with Crippen LogP contribution < -0.4 is 5.32 Å². The summed E-state index contributed by atoms with van der Waals surface area (Å²) in [6, 6.07) is -0.555. The van der Waals surface area contributed by atoms with E-state index in [1.807, 2.05) is 0 Å². The van der Waals surface area contributed by atoms with Crippen molar-refractivity contribution in [1.29, 1.82) is 0 Å². The quantitative estimate of drug-likeness (QED) is 0.0320. The number of unbranched alkanes of at least 4 members (excludes halogenated alkanes) is 45. The molecule has 0 aromatic carbocycles. The molecule has 0 aliphatic carbocycles. The molecule has 71 heavy (non-hydrogen) atoms. The smallest absolute Gasteiger partial charge is 0.305 e. The zero-order chi connectivity index (χ0) is 51.4. The lowest BCUT2D eigenvalue weighted by Gasteiger charge is -2.22. The summed E-state index contributed by atoms with van der Waals surface area (Å²) >= 11 is 0. The number of amides is 1. The van der Waals surface area contributed by atoms with Crippen molar-refractivity contribution in [2.75, 3.05) is 13.2 Å². The summed E-state index contributed by atoms with van der Waals surface area (Å²) in [5.74, 6) is -0.0627. The fourth-order valence-corrected chi connectivity index (χ4v) is 10.1. The van der Waals surface area contributed by atoms with Crippen LogP contribution in [-0.2, 0) is 14.3 Å². The van der Waals surface area contributed by atoms with Gasteiger partial charge in [-0.2, -0.15) is 0 Å². The maximum atomic E-state index is 12.5. The van der Waals surface area contributed by atoms with Crippen molar-refractivity contribution in [2.24, 2.45) is 0 Å². The number of esters is 1. The first-order valence-corrected chi connectivity index (χ1v) is 32.1. The molecule has 0 fully saturated rings. The summed E-state index contributed by atoms with van der Waals surface area (Å²) < 4.78 is 5.48. The highest BCUT2D eigenvalue weighted by atomic mass is 16.5. The molecular formula is C65H125NO5. The molecule has 2 atom stereocenters. The van der Waals surface area contributed by atoms with Gasteiger partial charge in [0.15, 0.2) is 0 Å². The largest absolute Gasteiger partial charge is 0.466 e. The van der Waals surface area contributed by atoms with Crippen molar-refractivity contribution < 1.29 is 24.5 Å². The summed E-state index contributed by atoms with van der Waals surface area (Å²) in [4.78, 5) is 24.6. The van der Waals surface area contributed by atoms with Gasteiger partial charge in [-0.05, 0) is 57.8 Å². The zero-order valence-electron chi connectivity index (χ0n) is 48.0. The van der Waals surface area contributed by atoms with Crippen LogP contribution in [0.4, 0.5) is 0 Å². The minimum Gasteiger partial charge on any atom is -0.466 e. The third-order valence-corrected chi connectivity index (χ3v) is 15.0. The van der Waals surface area contributed by atoms with Gasteiger partial charge in [0.2, 0.25) is 5.91 Å². The van der Waals surface area contributed by atoms with E-state index in [0.29, 0.717) is 25.9 Å². The maximum absolute atomic E-state index is 12.5. The number of aliphatic hydroxyl groups excluding tert-OH is 2. The Morgan fingerprint density at radius 3 is 1.10 bits per heavy atom. The Morgan fingerprint density at radius 1 is 0.394 bits per heavy atom. The number of nitrogens with one attached hydrogen (secondary N) is 1. The lowest BCUT2D eigenvalue weighted by atomic mass is 10.0. The minimum atomic E-state index is -0.677. The zero-order valence-corrected chi connectivity index (χ0v) is 48.0. The van der Waals surface area contributed by atoms with Crippen LogP contribution in [0.25, 0.3) is 0 Å². The van der Waals surface area contributed by atoms with Crippen molar-refractivity contribution in [3.63, 3.8) is 0 Å². The standard InChI is InChI=1S/C65H125NO5/c1-3-5-7-9-11-13-15-17-19-21-22-23-24-25-26-27-28-30-31-33-37-41-45-49-53-57-63(68)62(61-67)66-64(69)58-54-50-46-42-38-35-36-40-44-48-52-56-60-71-65(70)59-55-51-47-43-39-34-32-29-20-18-16-14-12-10-8-6-4-2/h12,14,18,20,62-63,67-68H,3-11,13,15-17,19,21-61H2,1-2H3,(H,66,69)/b14-12-,20-18-. The molecule has 0 rings (SSSR count). The normalized spacial score (nSPS) is 12.7. The number of carbonyl (C=O) groups excluding carboxylic acids is 2. The average Bonchev–Trinajstić information content (AvgIpc) is 3.37. The van der Waals surface area contributed by atoms with Crippen LogP contribution in [0.1, 0.15) is 354 Å². The molecule has 0 saturated heterocycles. The Labute approximate surface area is 443 Å². The Bertz CT molecular complexity index is 1110. The minimum absolute atomic E-state index is 0.0157. The summed E-state index contributed by atoms with van der Waals surface area (Å²) in [6.07, 6.45) is 74.7. The second-order valence-electron chi connectivity index (χ2n) is 22.1. The first-order valence-electron chi connectivity index (χ1n) is 32.1. The molecule has 0 saturated carbocycles. The Kier molecular flexibility index (Phi) is 59.5. The monoisotopic (exact) mass is 1000 g/mol. The number of rotatable bonds is 60. The molecule has 3 N–H and O–H groups in total. The molecule has 0 spiro atoms. The fourth-order valence-electron chi connectivity index (χ4n) is 10.1. The maximum Gasteiger partial charge on any atom is 0.305 e. The van der Waals surface area contributed by atoms with Gasteiger partial charge in [0, 0.05) is 12.8 Å². The first kappa shape index (κ1) is 69.3. The van der Waals surface area contributed by atoms with Gasteiger partial charge >= 0.3 is 5.97 Å². The van der Waals surface area contributed by atoms with Gasteiger partial charge in [-0.25, -0.2) is 0 Å². The Balaban J connectivity index is 3.44. The molecule has 0 bridgehead atoms. The molecule has 6 nitrogen and oxygen atoms in total. The summed E-state index contributed by atoms with van der Waals surface area (Å²) in [5, 5.41) is 23.4. The highest BCUT2D eigenvalue weighted by molar-refractivity contribution is 5.76. The number of allylic oxidation sites excluding steroid dienone is 4. The van der Waals surface area contributed by atoms with Crippen LogP contribution >= 0.6 is 0 Å². The van der Waals surface area contributed by atoms with E-state index in [0.717, 1.165) is 64.2 Å². The van der Waals surface area contributed by atoms with Gasteiger partial charge in [0.05, 0.1) is 25.4 Å². The van der Waals surface area contributed by atoms with E-state index in [1.165, 1.54) is 257 Å². The molecule has 0 aromatic rings. The lowest BCUT2D eigenvalue weighted by molar-refractivity contribution is -0.143. The van der Waals surface area contributed by atoms with Gasteiger partial charge in [-0.3, -0.25) is 9.59 Å². The summed E-state index contributed by atoms with van der Waals surface area (Å²) in [5.41, 5.74) is 0. The number of aliphatic hydroxyl groups is 2. The molecule has 6 heteroatoms. The lowest BCUT2D eigenvalue weighted by Crippen LogP contribution is -2.45. The second kappa shape index (κ2) is 60.9. The predicted octanol–water partition coefficient (Wildman–Crippen LogP) is 20.2. The van der Waals surface area contributed by atoms with E-state index in [2.05, 4.69) is 43.5 Å². The molecule has 0 aliphatic rings. The SMILES string of the molecule is CCCCC/C=C\C/C=C\CCCCCCCCCC(=O)OCCCCCCCCCCCCCCC(=O)NC(CO)C(O)CCCCCCCCCCCCCCCCCCCCCCCCCCC. The molecule has 0 aliphatic heterocycles. The van der Waals surface area contributed by atoms with Gasteiger partial charge in [0.25, 0.3) is 0 Å². The van der Waals surface area contributed by atoms with Crippen molar-refractivity contribution in [2.45, 2.75) is 366 Å². The molecule has 420 valence electrons. The van der Waals surface area contributed by atoms with Crippen LogP contribution in [0.2, 0.25) is 0 Å². The van der Waals surface area contributed by atoms with Crippen LogP contribution in [0.15, 0.2) is 24.3 Å². The van der Waals surface area contributed by atoms with Gasteiger partial charge in [-0.1, -0.05) is 308 Å². The topological polar surface area (TPSA) is 95.9 Å². The number of hydrogen-bond acceptors (Lipinski definition) is 5. The third kappa shape index (κ3) is 57.5. The van der Waals surface area contributed by atoms with Crippen molar-refractivity contribution in [1.82, 2.24) is 5.32 Å². The molecule has 0 radical (unpaired) electrons. The van der Waals surface area contributed by atoms with E-state index in [1.54, 1.807) is 0 Å². The van der Waals surface area contributed by atoms with E-state index in [-0.39, 0.29) is 18.5 Å². The van der Waals surface area contributed by atoms with Crippen LogP contribution in [0.5, 0.6) is 0 Å². The van der Waals surface area contributed by atoms with Gasteiger partial charge < -0.3 is 20.3 Å². The molecule has 2 unspecified atom stereocenters. The van der Waals surface area contributed by atoms with Crippen molar-refractivity contribution >= 4 is 11.9 Å². The Morgan fingerprint density at radius 2 is 0.704 bits per heavy atom.